The monoisotopic (exact) mass is 282 g/mol. The number of imidazole rings is 1. The minimum Gasteiger partial charge on any atom is -0.496 e. The molecule has 0 bridgehead atoms. The third-order valence-electron chi connectivity index (χ3n) is 3.33. The largest absolute Gasteiger partial charge is 0.496 e. The maximum Gasteiger partial charge on any atom is 0.352 e. The first-order chi connectivity index (χ1) is 10.2. The molecule has 0 atom stereocenters. The van der Waals surface area contributed by atoms with Crippen molar-refractivity contribution in [1.82, 2.24) is 9.38 Å². The Morgan fingerprint density at radius 1 is 1.24 bits per heavy atom. The van der Waals surface area contributed by atoms with Crippen LogP contribution in [0.4, 0.5) is 0 Å². The number of ether oxygens (including phenoxy) is 1. The van der Waals surface area contributed by atoms with Gasteiger partial charge in [0, 0.05) is 18.2 Å². The Bertz CT molecular complexity index is 808. The molecule has 3 aromatic rings. The maximum absolute atomic E-state index is 11.2. The first-order valence-corrected chi connectivity index (χ1v) is 6.51. The van der Waals surface area contributed by atoms with Gasteiger partial charge in [0.25, 0.3) is 0 Å². The molecule has 0 spiro atoms. The molecular formula is C16H14N2O3. The highest BCUT2D eigenvalue weighted by molar-refractivity contribution is 5.86. The molecule has 0 unspecified atom stereocenters. The van der Waals surface area contributed by atoms with Gasteiger partial charge in [-0.15, -0.1) is 0 Å². The molecule has 0 saturated heterocycles. The van der Waals surface area contributed by atoms with E-state index in [1.807, 2.05) is 24.3 Å². The van der Waals surface area contributed by atoms with Crippen LogP contribution in [-0.2, 0) is 6.42 Å². The first-order valence-electron chi connectivity index (χ1n) is 6.51. The summed E-state index contributed by atoms with van der Waals surface area (Å²) in [7, 11) is 1.63. The zero-order valence-electron chi connectivity index (χ0n) is 11.5. The lowest BCUT2D eigenvalue weighted by Crippen LogP contribution is -2.03. The summed E-state index contributed by atoms with van der Waals surface area (Å²) in [4.78, 5) is 15.7. The second-order valence-corrected chi connectivity index (χ2v) is 4.67. The second kappa shape index (κ2) is 5.28. The highest BCUT2D eigenvalue weighted by atomic mass is 16.5. The van der Waals surface area contributed by atoms with Crippen molar-refractivity contribution < 1.29 is 14.6 Å². The maximum atomic E-state index is 11.2. The summed E-state index contributed by atoms with van der Waals surface area (Å²) in [6.45, 7) is 0. The third-order valence-corrected chi connectivity index (χ3v) is 3.33. The van der Waals surface area contributed by atoms with Crippen molar-refractivity contribution >= 4 is 11.6 Å². The Morgan fingerprint density at radius 3 is 2.81 bits per heavy atom. The average molecular weight is 282 g/mol. The van der Waals surface area contributed by atoms with Gasteiger partial charge in [-0.1, -0.05) is 24.3 Å². The van der Waals surface area contributed by atoms with E-state index in [2.05, 4.69) is 4.98 Å². The van der Waals surface area contributed by atoms with Crippen molar-refractivity contribution in [1.29, 1.82) is 0 Å². The van der Waals surface area contributed by atoms with E-state index in [0.29, 0.717) is 12.1 Å². The molecule has 0 amide bonds. The molecule has 3 rings (SSSR count). The minimum absolute atomic E-state index is 0.200. The lowest BCUT2D eigenvalue weighted by Gasteiger charge is -2.05. The van der Waals surface area contributed by atoms with Crippen LogP contribution < -0.4 is 4.74 Å². The highest BCUT2D eigenvalue weighted by Crippen LogP contribution is 2.21. The van der Waals surface area contributed by atoms with Crippen LogP contribution in [0.3, 0.4) is 0 Å². The number of rotatable bonds is 4. The summed E-state index contributed by atoms with van der Waals surface area (Å²) in [5.74, 6) is -0.171. The Balaban J connectivity index is 2.02. The van der Waals surface area contributed by atoms with E-state index < -0.39 is 5.97 Å². The van der Waals surface area contributed by atoms with Crippen molar-refractivity contribution in [3.63, 3.8) is 0 Å². The van der Waals surface area contributed by atoms with Crippen LogP contribution in [0.5, 0.6) is 5.75 Å². The van der Waals surface area contributed by atoms with Crippen LogP contribution in [0.1, 0.15) is 21.7 Å². The van der Waals surface area contributed by atoms with Crippen molar-refractivity contribution in [3.05, 3.63) is 65.6 Å². The van der Waals surface area contributed by atoms with Gasteiger partial charge < -0.3 is 9.84 Å². The lowest BCUT2D eigenvalue weighted by molar-refractivity contribution is 0.0689. The van der Waals surface area contributed by atoms with Gasteiger partial charge in [0.2, 0.25) is 0 Å². The van der Waals surface area contributed by atoms with Crippen molar-refractivity contribution in [2.24, 2.45) is 0 Å². The zero-order valence-corrected chi connectivity index (χ0v) is 11.5. The summed E-state index contributed by atoms with van der Waals surface area (Å²) in [6.07, 6.45) is 2.34. The Labute approximate surface area is 121 Å². The number of aromatic nitrogens is 2. The third kappa shape index (κ3) is 2.45. The number of benzene rings is 1. The molecule has 106 valence electrons. The highest BCUT2D eigenvalue weighted by Gasteiger charge is 2.11. The van der Waals surface area contributed by atoms with Crippen molar-refractivity contribution in [3.8, 4) is 5.75 Å². The van der Waals surface area contributed by atoms with Gasteiger partial charge in [0.1, 0.15) is 17.1 Å². The number of carbonyl (C=O) groups is 1. The van der Waals surface area contributed by atoms with E-state index in [-0.39, 0.29) is 5.69 Å². The molecule has 1 aromatic carbocycles. The molecule has 2 heterocycles. The van der Waals surface area contributed by atoms with Crippen LogP contribution in [0.15, 0.2) is 48.7 Å². The SMILES string of the molecule is COc1ccccc1Cc1cn2c(C(=O)O)cccc2n1. The van der Waals surface area contributed by atoms with E-state index in [1.165, 1.54) is 0 Å². The number of pyridine rings is 1. The molecule has 0 fully saturated rings. The first kappa shape index (κ1) is 13.2. The second-order valence-electron chi connectivity index (χ2n) is 4.67. The Morgan fingerprint density at radius 2 is 2.05 bits per heavy atom. The summed E-state index contributed by atoms with van der Waals surface area (Å²) in [5, 5.41) is 9.20. The van der Waals surface area contributed by atoms with Crippen LogP contribution in [-0.4, -0.2) is 27.6 Å². The fourth-order valence-electron chi connectivity index (χ4n) is 2.36. The Kier molecular flexibility index (Phi) is 3.31. The molecule has 0 aliphatic rings. The fourth-order valence-corrected chi connectivity index (χ4v) is 2.36. The van der Waals surface area contributed by atoms with Crippen LogP contribution in [0.25, 0.3) is 5.65 Å². The molecule has 0 aliphatic heterocycles. The van der Waals surface area contributed by atoms with Gasteiger partial charge in [-0.3, -0.25) is 4.40 Å². The predicted molar refractivity (Wildman–Crippen MR) is 78.0 cm³/mol. The molecule has 1 N–H and O–H groups in total. The number of carboxylic acid groups (broad SMARTS) is 1. The summed E-state index contributed by atoms with van der Waals surface area (Å²) in [5.41, 5.74) is 2.64. The number of fused-ring (bicyclic) bond motifs is 1. The average Bonchev–Trinajstić information content (AvgIpc) is 2.89. The molecule has 2 aromatic heterocycles. The number of hydrogen-bond acceptors (Lipinski definition) is 3. The van der Waals surface area contributed by atoms with E-state index in [4.69, 9.17) is 4.74 Å². The minimum atomic E-state index is -0.971. The normalized spacial score (nSPS) is 10.7. The van der Waals surface area contributed by atoms with Gasteiger partial charge >= 0.3 is 5.97 Å². The molecule has 0 radical (unpaired) electrons. The van der Waals surface area contributed by atoms with E-state index in [1.54, 1.807) is 35.9 Å². The molecule has 0 aliphatic carbocycles. The smallest absolute Gasteiger partial charge is 0.352 e. The molecule has 21 heavy (non-hydrogen) atoms. The predicted octanol–water partition coefficient (Wildman–Crippen LogP) is 2.63. The molecular weight excluding hydrogens is 268 g/mol. The van der Waals surface area contributed by atoms with Crippen LogP contribution in [0.2, 0.25) is 0 Å². The van der Waals surface area contributed by atoms with Gasteiger partial charge in [0.15, 0.2) is 0 Å². The van der Waals surface area contributed by atoms with Crippen molar-refractivity contribution in [2.45, 2.75) is 6.42 Å². The summed E-state index contributed by atoms with van der Waals surface area (Å²) >= 11 is 0. The standard InChI is InChI=1S/C16H14N2O3/c1-21-14-7-3-2-5-11(14)9-12-10-18-13(16(19)20)6-4-8-15(18)17-12/h2-8,10H,9H2,1H3,(H,19,20). The number of carboxylic acids is 1. The van der Waals surface area contributed by atoms with E-state index >= 15 is 0 Å². The quantitative estimate of drug-likeness (QED) is 0.799. The number of nitrogens with zero attached hydrogens (tertiary/aromatic N) is 2. The van der Waals surface area contributed by atoms with Crippen LogP contribution >= 0.6 is 0 Å². The van der Waals surface area contributed by atoms with E-state index in [9.17, 15) is 9.90 Å². The van der Waals surface area contributed by atoms with E-state index in [0.717, 1.165) is 17.0 Å². The summed E-state index contributed by atoms with van der Waals surface area (Å²) in [6, 6.07) is 12.8. The fraction of sp³-hybridized carbons (Fsp3) is 0.125. The zero-order chi connectivity index (χ0) is 14.8. The Hall–Kier alpha value is -2.82. The molecule has 5 heteroatoms. The van der Waals surface area contributed by atoms with Crippen LogP contribution in [0, 0.1) is 0 Å². The topological polar surface area (TPSA) is 63.8 Å². The summed E-state index contributed by atoms with van der Waals surface area (Å²) < 4.78 is 6.92. The number of methoxy groups -OCH3 is 1. The number of aromatic carboxylic acids is 1. The lowest BCUT2D eigenvalue weighted by atomic mass is 10.1. The number of para-hydroxylation sites is 1. The molecule has 0 saturated carbocycles. The number of hydrogen-bond donors (Lipinski definition) is 1. The van der Waals surface area contributed by atoms with Crippen molar-refractivity contribution in [2.75, 3.05) is 7.11 Å². The van der Waals surface area contributed by atoms with Gasteiger partial charge in [-0.25, -0.2) is 9.78 Å². The molecule has 5 nitrogen and oxygen atoms in total. The van der Waals surface area contributed by atoms with Gasteiger partial charge in [0.05, 0.1) is 12.8 Å². The van der Waals surface area contributed by atoms with Gasteiger partial charge in [-0.05, 0) is 18.2 Å². The van der Waals surface area contributed by atoms with Gasteiger partial charge in [-0.2, -0.15) is 0 Å².